The molecule has 5 nitrogen and oxygen atoms in total. The maximum absolute atomic E-state index is 4.70. The Kier molecular flexibility index (Phi) is 2.92. The average Bonchev–Trinajstić information content (AvgIpc) is 3.12. The zero-order valence-electron chi connectivity index (χ0n) is 12.1. The smallest absolute Gasteiger partial charge is 0.202 e. The lowest BCUT2D eigenvalue weighted by Gasteiger charge is -2.05. The number of anilines is 1. The second-order valence-electron chi connectivity index (χ2n) is 5.58. The number of nitrogens with one attached hydrogen (secondary N) is 1. The first-order valence-corrected chi connectivity index (χ1v) is 8.00. The van der Waals surface area contributed by atoms with E-state index in [0.29, 0.717) is 6.04 Å². The van der Waals surface area contributed by atoms with Crippen LogP contribution in [0.3, 0.4) is 0 Å². The Morgan fingerprint density at radius 1 is 1.29 bits per heavy atom. The summed E-state index contributed by atoms with van der Waals surface area (Å²) < 4.78 is 6.55. The minimum atomic E-state index is 0.670. The van der Waals surface area contributed by atoms with Gasteiger partial charge in [0.15, 0.2) is 0 Å². The number of rotatable bonds is 4. The van der Waals surface area contributed by atoms with Crippen LogP contribution in [-0.2, 0) is 6.54 Å². The van der Waals surface area contributed by atoms with Crippen molar-refractivity contribution < 1.29 is 0 Å². The summed E-state index contributed by atoms with van der Waals surface area (Å²) in [5, 5.41) is 4.18. The van der Waals surface area contributed by atoms with Crippen LogP contribution in [0.25, 0.3) is 11.0 Å². The summed E-state index contributed by atoms with van der Waals surface area (Å²) in [6.45, 7) is 4.75. The highest BCUT2D eigenvalue weighted by Gasteiger charge is 2.26. The zero-order chi connectivity index (χ0) is 14.4. The van der Waals surface area contributed by atoms with Crippen LogP contribution < -0.4 is 5.32 Å². The molecule has 1 saturated carbocycles. The molecule has 2 aromatic heterocycles. The summed E-state index contributed by atoms with van der Waals surface area (Å²) in [7, 11) is 0. The van der Waals surface area contributed by atoms with E-state index in [1.165, 1.54) is 35.5 Å². The molecule has 2 heterocycles. The molecule has 108 valence electrons. The van der Waals surface area contributed by atoms with E-state index in [-0.39, 0.29) is 0 Å². The van der Waals surface area contributed by atoms with Crippen molar-refractivity contribution in [3.05, 3.63) is 35.4 Å². The zero-order valence-corrected chi connectivity index (χ0v) is 12.9. The summed E-state index contributed by atoms with van der Waals surface area (Å²) >= 11 is 1.40. The number of aryl methyl sites for hydroxylation is 2. The van der Waals surface area contributed by atoms with E-state index in [0.717, 1.165) is 28.8 Å². The van der Waals surface area contributed by atoms with Crippen LogP contribution in [0.15, 0.2) is 18.2 Å². The second-order valence-corrected chi connectivity index (χ2v) is 6.34. The third kappa shape index (κ3) is 2.40. The van der Waals surface area contributed by atoms with E-state index in [2.05, 4.69) is 44.4 Å². The summed E-state index contributed by atoms with van der Waals surface area (Å²) in [5.74, 6) is 1.94. The Morgan fingerprint density at radius 3 is 2.86 bits per heavy atom. The molecule has 0 saturated heterocycles. The van der Waals surface area contributed by atoms with Crippen molar-refractivity contribution in [2.24, 2.45) is 0 Å². The Bertz CT molecular complexity index is 800. The summed E-state index contributed by atoms with van der Waals surface area (Å²) in [6.07, 6.45) is 2.57. The topological polar surface area (TPSA) is 55.6 Å². The van der Waals surface area contributed by atoms with Gasteiger partial charge in [-0.15, -0.1) is 0 Å². The molecule has 0 amide bonds. The van der Waals surface area contributed by atoms with E-state index in [4.69, 9.17) is 4.98 Å². The van der Waals surface area contributed by atoms with E-state index in [1.807, 2.05) is 6.92 Å². The third-order valence-corrected chi connectivity index (χ3v) is 4.58. The van der Waals surface area contributed by atoms with Crippen LogP contribution in [0.4, 0.5) is 5.13 Å². The number of hydrogen-bond acceptors (Lipinski definition) is 5. The van der Waals surface area contributed by atoms with Gasteiger partial charge in [-0.1, -0.05) is 6.07 Å². The predicted molar refractivity (Wildman–Crippen MR) is 84.7 cm³/mol. The van der Waals surface area contributed by atoms with Crippen molar-refractivity contribution in [1.82, 2.24) is 18.9 Å². The van der Waals surface area contributed by atoms with Crippen LogP contribution in [0.1, 0.15) is 36.1 Å². The van der Waals surface area contributed by atoms with Crippen LogP contribution in [0.2, 0.25) is 0 Å². The van der Waals surface area contributed by atoms with Gasteiger partial charge in [-0.2, -0.15) is 4.37 Å². The lowest BCUT2D eigenvalue weighted by atomic mass is 10.2. The number of hydrogen-bond donors (Lipinski definition) is 1. The highest BCUT2D eigenvalue weighted by molar-refractivity contribution is 7.09. The SMILES string of the molecule is Cc1nsc(NCc2ccc3c(c2)nc(C)n3C2CC2)n1. The van der Waals surface area contributed by atoms with E-state index in [9.17, 15) is 0 Å². The molecule has 0 unspecified atom stereocenters. The first-order valence-electron chi connectivity index (χ1n) is 7.22. The molecule has 1 aliphatic rings. The van der Waals surface area contributed by atoms with Gasteiger partial charge in [0.2, 0.25) is 5.13 Å². The molecule has 0 spiro atoms. The van der Waals surface area contributed by atoms with Crippen molar-refractivity contribution in [3.63, 3.8) is 0 Å². The maximum Gasteiger partial charge on any atom is 0.202 e. The Labute approximate surface area is 127 Å². The van der Waals surface area contributed by atoms with Gasteiger partial charge in [-0.05, 0) is 44.4 Å². The Balaban J connectivity index is 1.59. The van der Waals surface area contributed by atoms with Crippen LogP contribution in [0, 0.1) is 13.8 Å². The summed E-state index contributed by atoms with van der Waals surface area (Å²) in [5.41, 5.74) is 3.56. The van der Waals surface area contributed by atoms with Crippen molar-refractivity contribution in [2.45, 2.75) is 39.3 Å². The Morgan fingerprint density at radius 2 is 2.14 bits per heavy atom. The number of fused-ring (bicyclic) bond motifs is 1. The van der Waals surface area contributed by atoms with Gasteiger partial charge in [-0.3, -0.25) is 0 Å². The van der Waals surface area contributed by atoms with Gasteiger partial charge in [-0.25, -0.2) is 9.97 Å². The molecule has 0 atom stereocenters. The van der Waals surface area contributed by atoms with Crippen molar-refractivity contribution in [2.75, 3.05) is 5.32 Å². The molecule has 0 radical (unpaired) electrons. The van der Waals surface area contributed by atoms with Crippen LogP contribution in [0.5, 0.6) is 0 Å². The first-order chi connectivity index (χ1) is 10.2. The highest BCUT2D eigenvalue weighted by Crippen LogP contribution is 2.38. The van der Waals surface area contributed by atoms with Crippen molar-refractivity contribution in [3.8, 4) is 0 Å². The molecule has 1 N–H and O–H groups in total. The first kappa shape index (κ1) is 12.8. The third-order valence-electron chi connectivity index (χ3n) is 3.81. The van der Waals surface area contributed by atoms with Gasteiger partial charge in [0.25, 0.3) is 0 Å². The van der Waals surface area contributed by atoms with Gasteiger partial charge < -0.3 is 9.88 Å². The molecule has 1 fully saturated rings. The molecule has 1 aliphatic carbocycles. The molecule has 0 aliphatic heterocycles. The predicted octanol–water partition coefficient (Wildman–Crippen LogP) is 3.45. The van der Waals surface area contributed by atoms with Crippen molar-refractivity contribution in [1.29, 1.82) is 0 Å². The summed E-state index contributed by atoms with van der Waals surface area (Å²) in [6, 6.07) is 7.20. The number of aromatic nitrogens is 4. The van der Waals surface area contributed by atoms with E-state index in [1.54, 1.807) is 0 Å². The van der Waals surface area contributed by atoms with Gasteiger partial charge in [0.1, 0.15) is 11.6 Å². The average molecular weight is 299 g/mol. The fourth-order valence-corrected chi connectivity index (χ4v) is 3.28. The largest absolute Gasteiger partial charge is 0.356 e. The molecular formula is C15H17N5S. The second kappa shape index (κ2) is 4.80. The standard InChI is InChI=1S/C15H17N5S/c1-9-17-15(21-19-9)16-8-11-3-6-14-13(7-11)18-10(2)20(14)12-4-5-12/h3,6-7,12H,4-5,8H2,1-2H3,(H,16,17,19). The molecule has 6 heteroatoms. The van der Waals surface area contributed by atoms with Gasteiger partial charge in [0.05, 0.1) is 11.0 Å². The minimum absolute atomic E-state index is 0.670. The van der Waals surface area contributed by atoms with E-state index >= 15 is 0 Å². The van der Waals surface area contributed by atoms with Gasteiger partial charge >= 0.3 is 0 Å². The fraction of sp³-hybridized carbons (Fsp3) is 0.400. The fourth-order valence-electron chi connectivity index (χ4n) is 2.71. The quantitative estimate of drug-likeness (QED) is 0.801. The number of imidazole rings is 1. The van der Waals surface area contributed by atoms with E-state index < -0.39 is 0 Å². The number of benzene rings is 1. The molecule has 0 bridgehead atoms. The highest BCUT2D eigenvalue weighted by atomic mass is 32.1. The molecule has 21 heavy (non-hydrogen) atoms. The molecule has 3 aromatic rings. The molecular weight excluding hydrogens is 282 g/mol. The monoisotopic (exact) mass is 299 g/mol. The molecule has 4 rings (SSSR count). The van der Waals surface area contributed by atoms with Crippen LogP contribution >= 0.6 is 11.5 Å². The normalized spacial score (nSPS) is 14.8. The molecule has 1 aromatic carbocycles. The minimum Gasteiger partial charge on any atom is -0.356 e. The van der Waals surface area contributed by atoms with Gasteiger partial charge in [0, 0.05) is 24.1 Å². The lowest BCUT2D eigenvalue weighted by molar-refractivity contribution is 0.734. The van der Waals surface area contributed by atoms with Crippen LogP contribution in [-0.4, -0.2) is 18.9 Å². The van der Waals surface area contributed by atoms with Crippen molar-refractivity contribution >= 4 is 27.7 Å². The Hall–Kier alpha value is -1.95. The summed E-state index contributed by atoms with van der Waals surface area (Å²) in [4.78, 5) is 9.02. The number of nitrogens with zero attached hydrogens (tertiary/aromatic N) is 4. The lowest BCUT2D eigenvalue weighted by Crippen LogP contribution is -1.99. The maximum atomic E-state index is 4.70.